The van der Waals surface area contributed by atoms with Crippen LogP contribution < -0.4 is 14.5 Å². The minimum absolute atomic E-state index is 0.00285. The number of likely N-dealkylation sites (tertiary alicyclic amines) is 1. The lowest BCUT2D eigenvalue weighted by Crippen LogP contribution is -2.47. The van der Waals surface area contributed by atoms with Crippen LogP contribution in [0.5, 0.6) is 5.75 Å². The van der Waals surface area contributed by atoms with Crippen molar-refractivity contribution in [1.29, 1.82) is 0 Å². The normalized spacial score (nSPS) is 17.5. The van der Waals surface area contributed by atoms with Crippen molar-refractivity contribution in [2.24, 2.45) is 0 Å². The number of carbonyl (C=O) groups is 1. The van der Waals surface area contributed by atoms with E-state index >= 15 is 0 Å². The van der Waals surface area contributed by atoms with Gasteiger partial charge in [0.25, 0.3) is 5.91 Å². The highest BCUT2D eigenvalue weighted by molar-refractivity contribution is 5.92. The summed E-state index contributed by atoms with van der Waals surface area (Å²) in [6.45, 7) is 5.25. The maximum absolute atomic E-state index is 12.5. The first-order valence-electron chi connectivity index (χ1n) is 10.00. The van der Waals surface area contributed by atoms with Gasteiger partial charge in [0, 0.05) is 45.0 Å². The van der Waals surface area contributed by atoms with Gasteiger partial charge in [-0.25, -0.2) is 9.97 Å². The Balaban J connectivity index is 1.34. The molecule has 0 aliphatic carbocycles. The number of hydrogen-bond acceptors (Lipinski definition) is 6. The molecule has 0 bridgehead atoms. The maximum atomic E-state index is 12.5. The van der Waals surface area contributed by atoms with Crippen molar-refractivity contribution >= 4 is 17.4 Å². The SMILES string of the molecule is COc1ccc(N2CCN(c3cnc(C(=O)N4CCCCC4)cn3)CC2)cc1. The third-order valence-electron chi connectivity index (χ3n) is 5.54. The van der Waals surface area contributed by atoms with Crippen LogP contribution >= 0.6 is 0 Å². The monoisotopic (exact) mass is 381 g/mol. The summed E-state index contributed by atoms with van der Waals surface area (Å²) in [7, 11) is 1.68. The van der Waals surface area contributed by atoms with E-state index in [0.717, 1.165) is 63.7 Å². The molecule has 1 amide bonds. The Morgan fingerprint density at radius 1 is 0.857 bits per heavy atom. The van der Waals surface area contributed by atoms with E-state index in [2.05, 4.69) is 31.9 Å². The van der Waals surface area contributed by atoms with Crippen LogP contribution in [0.15, 0.2) is 36.7 Å². The fourth-order valence-corrected chi connectivity index (χ4v) is 3.84. The van der Waals surface area contributed by atoms with Crippen LogP contribution in [0.2, 0.25) is 0 Å². The minimum Gasteiger partial charge on any atom is -0.497 e. The zero-order valence-electron chi connectivity index (χ0n) is 16.4. The van der Waals surface area contributed by atoms with Crippen LogP contribution in [0.1, 0.15) is 29.8 Å². The van der Waals surface area contributed by atoms with Gasteiger partial charge >= 0.3 is 0 Å². The second kappa shape index (κ2) is 8.46. The molecule has 7 nitrogen and oxygen atoms in total. The van der Waals surface area contributed by atoms with Crippen molar-refractivity contribution in [3.63, 3.8) is 0 Å². The molecule has 0 radical (unpaired) electrons. The van der Waals surface area contributed by atoms with Gasteiger partial charge in [-0.05, 0) is 43.5 Å². The molecule has 0 atom stereocenters. The molecule has 2 saturated heterocycles. The van der Waals surface area contributed by atoms with Crippen molar-refractivity contribution in [3.05, 3.63) is 42.4 Å². The summed E-state index contributed by atoms with van der Waals surface area (Å²) in [6, 6.07) is 8.17. The molecule has 148 valence electrons. The Hall–Kier alpha value is -2.83. The average Bonchev–Trinajstić information content (AvgIpc) is 2.79. The standard InChI is InChI=1S/C21H27N5O2/c1-28-18-7-5-17(6-8-18)24-11-13-25(14-12-24)20-16-22-19(15-23-20)21(27)26-9-3-2-4-10-26/h5-8,15-16H,2-4,9-14H2,1H3. The van der Waals surface area contributed by atoms with E-state index in [-0.39, 0.29) is 5.91 Å². The predicted octanol–water partition coefficient (Wildman–Crippen LogP) is 2.44. The van der Waals surface area contributed by atoms with Crippen LogP contribution in [0.4, 0.5) is 11.5 Å². The molecular weight excluding hydrogens is 354 g/mol. The Kier molecular flexibility index (Phi) is 5.60. The average molecular weight is 381 g/mol. The van der Waals surface area contributed by atoms with E-state index in [1.165, 1.54) is 12.1 Å². The van der Waals surface area contributed by atoms with Gasteiger partial charge in [0.15, 0.2) is 0 Å². The van der Waals surface area contributed by atoms with Gasteiger partial charge < -0.3 is 19.4 Å². The summed E-state index contributed by atoms with van der Waals surface area (Å²) in [5.41, 5.74) is 1.65. The number of piperidine rings is 1. The number of methoxy groups -OCH3 is 1. The van der Waals surface area contributed by atoms with Gasteiger partial charge in [-0.2, -0.15) is 0 Å². The highest BCUT2D eigenvalue weighted by atomic mass is 16.5. The molecule has 28 heavy (non-hydrogen) atoms. The zero-order valence-corrected chi connectivity index (χ0v) is 16.4. The van der Waals surface area contributed by atoms with Crippen molar-refractivity contribution in [3.8, 4) is 5.75 Å². The molecule has 0 N–H and O–H groups in total. The third kappa shape index (κ3) is 4.03. The van der Waals surface area contributed by atoms with Crippen LogP contribution in [0.3, 0.4) is 0 Å². The van der Waals surface area contributed by atoms with Gasteiger partial charge in [-0.1, -0.05) is 0 Å². The Labute approximate surface area is 165 Å². The number of ether oxygens (including phenoxy) is 1. The first kappa shape index (κ1) is 18.5. The van der Waals surface area contributed by atoms with E-state index in [1.807, 2.05) is 17.0 Å². The molecule has 0 unspecified atom stereocenters. The van der Waals surface area contributed by atoms with Crippen LogP contribution in [-0.4, -0.2) is 67.2 Å². The summed E-state index contributed by atoms with van der Waals surface area (Å²) >= 11 is 0. The van der Waals surface area contributed by atoms with E-state index in [9.17, 15) is 4.79 Å². The fourth-order valence-electron chi connectivity index (χ4n) is 3.84. The minimum atomic E-state index is 0.00285. The number of piperazine rings is 1. The van der Waals surface area contributed by atoms with Crippen LogP contribution in [0.25, 0.3) is 0 Å². The van der Waals surface area contributed by atoms with Crippen molar-refractivity contribution < 1.29 is 9.53 Å². The Bertz CT molecular complexity index is 779. The number of amides is 1. The third-order valence-corrected chi connectivity index (χ3v) is 5.54. The lowest BCUT2D eigenvalue weighted by Gasteiger charge is -2.36. The number of nitrogens with zero attached hydrogens (tertiary/aromatic N) is 5. The lowest BCUT2D eigenvalue weighted by molar-refractivity contribution is 0.0718. The second-order valence-electron chi connectivity index (χ2n) is 7.28. The summed E-state index contributed by atoms with van der Waals surface area (Å²) in [4.78, 5) is 27.9. The summed E-state index contributed by atoms with van der Waals surface area (Å²) in [5, 5.41) is 0. The van der Waals surface area contributed by atoms with Crippen LogP contribution in [-0.2, 0) is 0 Å². The molecule has 0 saturated carbocycles. The van der Waals surface area contributed by atoms with Gasteiger partial charge in [0.05, 0.1) is 19.5 Å². The predicted molar refractivity (Wildman–Crippen MR) is 109 cm³/mol. The molecule has 4 rings (SSSR count). The molecule has 2 fully saturated rings. The maximum Gasteiger partial charge on any atom is 0.274 e. The van der Waals surface area contributed by atoms with E-state index < -0.39 is 0 Å². The Morgan fingerprint density at radius 3 is 2.14 bits per heavy atom. The number of rotatable bonds is 4. The first-order chi connectivity index (χ1) is 13.7. The smallest absolute Gasteiger partial charge is 0.274 e. The second-order valence-corrected chi connectivity index (χ2v) is 7.28. The number of aromatic nitrogens is 2. The molecule has 1 aromatic heterocycles. The quantitative estimate of drug-likeness (QED) is 0.811. The van der Waals surface area contributed by atoms with E-state index in [4.69, 9.17) is 4.74 Å². The zero-order chi connectivity index (χ0) is 19.3. The van der Waals surface area contributed by atoms with Gasteiger partial charge in [0.1, 0.15) is 17.3 Å². The van der Waals surface area contributed by atoms with Crippen molar-refractivity contribution in [2.45, 2.75) is 19.3 Å². The number of anilines is 2. The summed E-state index contributed by atoms with van der Waals surface area (Å²) < 4.78 is 5.23. The molecular formula is C21H27N5O2. The molecule has 1 aromatic carbocycles. The lowest BCUT2D eigenvalue weighted by atomic mass is 10.1. The van der Waals surface area contributed by atoms with E-state index in [1.54, 1.807) is 19.5 Å². The molecule has 2 aliphatic rings. The summed E-state index contributed by atoms with van der Waals surface area (Å²) in [6.07, 6.45) is 6.73. The van der Waals surface area contributed by atoms with Crippen LogP contribution in [0, 0.1) is 0 Å². The topological polar surface area (TPSA) is 61.8 Å². The summed E-state index contributed by atoms with van der Waals surface area (Å²) in [5.74, 6) is 1.71. The van der Waals surface area contributed by atoms with Gasteiger partial charge in [-0.3, -0.25) is 4.79 Å². The fraction of sp³-hybridized carbons (Fsp3) is 0.476. The number of benzene rings is 1. The number of carbonyl (C=O) groups excluding carboxylic acids is 1. The molecule has 0 spiro atoms. The van der Waals surface area contributed by atoms with Gasteiger partial charge in [-0.15, -0.1) is 0 Å². The largest absolute Gasteiger partial charge is 0.497 e. The highest BCUT2D eigenvalue weighted by Crippen LogP contribution is 2.22. The highest BCUT2D eigenvalue weighted by Gasteiger charge is 2.22. The molecule has 3 heterocycles. The molecule has 2 aliphatic heterocycles. The molecule has 2 aromatic rings. The van der Waals surface area contributed by atoms with Gasteiger partial charge in [0.2, 0.25) is 0 Å². The van der Waals surface area contributed by atoms with Crippen molar-refractivity contribution in [1.82, 2.24) is 14.9 Å². The Morgan fingerprint density at radius 2 is 1.54 bits per heavy atom. The first-order valence-corrected chi connectivity index (χ1v) is 10.00. The van der Waals surface area contributed by atoms with E-state index in [0.29, 0.717) is 5.69 Å². The van der Waals surface area contributed by atoms with Crippen molar-refractivity contribution in [2.75, 3.05) is 56.2 Å². The molecule has 7 heteroatoms. The number of hydrogen-bond donors (Lipinski definition) is 0.